The fraction of sp³-hybridized carbons (Fsp3) is 0.667. The number of Topliss-reactive ketones (excluding diaryl/α,β-unsaturated/α-hetero) is 1. The minimum absolute atomic E-state index is 0.0687. The van der Waals surface area contributed by atoms with E-state index < -0.39 is 11.4 Å². The van der Waals surface area contributed by atoms with Crippen molar-refractivity contribution < 1.29 is 19.1 Å². The van der Waals surface area contributed by atoms with Crippen molar-refractivity contribution in [1.29, 1.82) is 0 Å². The minimum Gasteiger partial charge on any atom is -0.465 e. The zero-order valence-corrected chi connectivity index (χ0v) is 12.8. The van der Waals surface area contributed by atoms with Gasteiger partial charge in [0.2, 0.25) is 0 Å². The van der Waals surface area contributed by atoms with Crippen molar-refractivity contribution in [2.75, 3.05) is 19.8 Å². The lowest BCUT2D eigenvalue weighted by molar-refractivity contribution is -0.169. The highest BCUT2D eigenvalue weighted by atomic mass is 16.5. The molecule has 21 heavy (non-hydrogen) atoms. The molecule has 1 atom stereocenters. The van der Waals surface area contributed by atoms with Crippen molar-refractivity contribution >= 4 is 11.8 Å². The highest BCUT2D eigenvalue weighted by molar-refractivity contribution is 6.04. The van der Waals surface area contributed by atoms with Crippen molar-refractivity contribution in [1.82, 2.24) is 9.78 Å². The number of carbonyl (C=O) groups excluding carboxylic acids is 2. The number of nitrogens with zero attached hydrogens (tertiary/aromatic N) is 2. The zero-order valence-electron chi connectivity index (χ0n) is 12.8. The molecule has 0 bridgehead atoms. The van der Waals surface area contributed by atoms with Gasteiger partial charge in [-0.2, -0.15) is 5.10 Å². The number of hydrogen-bond donors (Lipinski definition) is 0. The number of aromatic nitrogens is 2. The highest BCUT2D eigenvalue weighted by Gasteiger charge is 2.49. The van der Waals surface area contributed by atoms with E-state index in [2.05, 4.69) is 5.10 Å². The summed E-state index contributed by atoms with van der Waals surface area (Å²) in [6, 6.07) is 2.07. The molecule has 1 aromatic rings. The van der Waals surface area contributed by atoms with E-state index in [1.807, 2.05) is 30.8 Å². The summed E-state index contributed by atoms with van der Waals surface area (Å²) in [4.78, 5) is 24.7. The van der Waals surface area contributed by atoms with Crippen molar-refractivity contribution in [3.63, 3.8) is 0 Å². The van der Waals surface area contributed by atoms with Crippen LogP contribution in [0.5, 0.6) is 0 Å². The summed E-state index contributed by atoms with van der Waals surface area (Å²) in [6.45, 7) is 6.45. The number of rotatable bonds is 5. The van der Waals surface area contributed by atoms with Crippen LogP contribution in [0.25, 0.3) is 0 Å². The maximum absolute atomic E-state index is 12.4. The third-order valence-electron chi connectivity index (χ3n) is 3.70. The van der Waals surface area contributed by atoms with Crippen LogP contribution in [0.2, 0.25) is 0 Å². The van der Waals surface area contributed by atoms with Crippen LogP contribution in [-0.2, 0) is 25.5 Å². The maximum atomic E-state index is 12.4. The molecule has 0 aliphatic carbocycles. The molecule has 1 aliphatic rings. The Bertz CT molecular complexity index is 523. The highest BCUT2D eigenvalue weighted by Crippen LogP contribution is 2.31. The first-order valence-corrected chi connectivity index (χ1v) is 7.32. The Hall–Kier alpha value is -1.69. The first-order valence-electron chi connectivity index (χ1n) is 7.32. The summed E-state index contributed by atoms with van der Waals surface area (Å²) < 4.78 is 12.3. The van der Waals surface area contributed by atoms with Gasteiger partial charge in [-0.25, -0.2) is 0 Å². The molecule has 1 aliphatic heterocycles. The predicted octanol–water partition coefficient (Wildman–Crippen LogP) is 1.55. The standard InChI is InChI=1S/C15H22N2O4/c1-4-21-14(19)15(10-20-8-6-13(15)18)9-12-5-7-17(16-12)11(2)3/h5,7,11H,4,6,8-10H2,1-3H3. The molecule has 116 valence electrons. The van der Waals surface area contributed by atoms with Crippen molar-refractivity contribution in [3.05, 3.63) is 18.0 Å². The summed E-state index contributed by atoms with van der Waals surface area (Å²) >= 11 is 0. The monoisotopic (exact) mass is 294 g/mol. The largest absolute Gasteiger partial charge is 0.465 e. The Morgan fingerprint density at radius 3 is 2.90 bits per heavy atom. The molecule has 6 nitrogen and oxygen atoms in total. The van der Waals surface area contributed by atoms with Gasteiger partial charge in [0.25, 0.3) is 0 Å². The van der Waals surface area contributed by atoms with Crippen LogP contribution in [0.4, 0.5) is 0 Å². The molecule has 1 unspecified atom stereocenters. The fourth-order valence-corrected chi connectivity index (χ4v) is 2.46. The topological polar surface area (TPSA) is 70.4 Å². The SMILES string of the molecule is CCOC(=O)C1(Cc2ccn(C(C)C)n2)COCCC1=O. The van der Waals surface area contributed by atoms with E-state index in [0.717, 1.165) is 0 Å². The van der Waals surface area contributed by atoms with Crippen LogP contribution in [0, 0.1) is 5.41 Å². The lowest BCUT2D eigenvalue weighted by atomic mass is 9.77. The van der Waals surface area contributed by atoms with Gasteiger partial charge >= 0.3 is 5.97 Å². The smallest absolute Gasteiger partial charge is 0.322 e. The summed E-state index contributed by atoms with van der Waals surface area (Å²) in [5.74, 6) is -0.625. The first-order chi connectivity index (χ1) is 9.99. The van der Waals surface area contributed by atoms with E-state index in [-0.39, 0.29) is 37.9 Å². The van der Waals surface area contributed by atoms with E-state index in [9.17, 15) is 9.59 Å². The van der Waals surface area contributed by atoms with Crippen molar-refractivity contribution in [2.24, 2.45) is 5.41 Å². The van der Waals surface area contributed by atoms with Gasteiger partial charge in [0.05, 0.1) is 25.5 Å². The first kappa shape index (κ1) is 15.7. The molecule has 2 rings (SSSR count). The van der Waals surface area contributed by atoms with Crippen LogP contribution in [0.3, 0.4) is 0 Å². The Morgan fingerprint density at radius 1 is 1.57 bits per heavy atom. The van der Waals surface area contributed by atoms with Gasteiger partial charge in [0.15, 0.2) is 11.2 Å². The molecule has 0 spiro atoms. The molecule has 1 aromatic heterocycles. The van der Waals surface area contributed by atoms with E-state index in [1.165, 1.54) is 0 Å². The van der Waals surface area contributed by atoms with E-state index in [0.29, 0.717) is 12.3 Å². The van der Waals surface area contributed by atoms with E-state index in [4.69, 9.17) is 9.47 Å². The number of esters is 1. The lowest BCUT2D eigenvalue weighted by Gasteiger charge is -2.32. The lowest BCUT2D eigenvalue weighted by Crippen LogP contribution is -2.49. The molecular formula is C15H22N2O4. The molecule has 1 fully saturated rings. The fourth-order valence-electron chi connectivity index (χ4n) is 2.46. The molecule has 2 heterocycles. The number of ether oxygens (including phenoxy) is 2. The Kier molecular flexibility index (Phi) is 4.77. The normalized spacial score (nSPS) is 22.6. The minimum atomic E-state index is -1.25. The van der Waals surface area contributed by atoms with E-state index >= 15 is 0 Å². The summed E-state index contributed by atoms with van der Waals surface area (Å²) in [6.07, 6.45) is 2.32. The molecule has 0 N–H and O–H groups in total. The number of hydrogen-bond acceptors (Lipinski definition) is 5. The Morgan fingerprint density at radius 2 is 2.33 bits per heavy atom. The molecule has 1 saturated heterocycles. The quantitative estimate of drug-likeness (QED) is 0.608. The maximum Gasteiger partial charge on any atom is 0.322 e. The van der Waals surface area contributed by atoms with E-state index in [1.54, 1.807) is 6.92 Å². The van der Waals surface area contributed by atoms with Crippen LogP contribution >= 0.6 is 0 Å². The second-order valence-electron chi connectivity index (χ2n) is 5.59. The molecule has 0 saturated carbocycles. The molecular weight excluding hydrogens is 272 g/mol. The van der Waals surface area contributed by atoms with Crippen LogP contribution in [0.15, 0.2) is 12.3 Å². The van der Waals surface area contributed by atoms with Gasteiger partial charge in [-0.15, -0.1) is 0 Å². The average Bonchev–Trinajstić information content (AvgIpc) is 2.90. The molecule has 6 heteroatoms. The van der Waals surface area contributed by atoms with Crippen molar-refractivity contribution in [2.45, 2.75) is 39.7 Å². The van der Waals surface area contributed by atoms with Gasteiger partial charge in [-0.3, -0.25) is 14.3 Å². The third-order valence-corrected chi connectivity index (χ3v) is 3.70. The second-order valence-corrected chi connectivity index (χ2v) is 5.59. The molecule has 0 aromatic carbocycles. The summed E-state index contributed by atoms with van der Waals surface area (Å²) in [5, 5.41) is 4.43. The van der Waals surface area contributed by atoms with Gasteiger partial charge in [-0.05, 0) is 26.8 Å². The second kappa shape index (κ2) is 6.39. The third kappa shape index (κ3) is 3.15. The van der Waals surface area contributed by atoms with Gasteiger partial charge in [-0.1, -0.05) is 0 Å². The van der Waals surface area contributed by atoms with Gasteiger partial charge in [0.1, 0.15) is 0 Å². The summed E-state index contributed by atoms with van der Waals surface area (Å²) in [5.41, 5.74) is -0.541. The van der Waals surface area contributed by atoms with Crippen LogP contribution in [-0.4, -0.2) is 41.4 Å². The average molecular weight is 294 g/mol. The number of ketones is 1. The molecule has 0 amide bonds. The number of carbonyl (C=O) groups is 2. The molecule has 0 radical (unpaired) electrons. The van der Waals surface area contributed by atoms with Crippen molar-refractivity contribution in [3.8, 4) is 0 Å². The van der Waals surface area contributed by atoms with Gasteiger partial charge < -0.3 is 9.47 Å². The predicted molar refractivity (Wildman–Crippen MR) is 75.8 cm³/mol. The van der Waals surface area contributed by atoms with Crippen LogP contribution in [0.1, 0.15) is 38.9 Å². The van der Waals surface area contributed by atoms with Crippen LogP contribution < -0.4 is 0 Å². The Labute approximate surface area is 124 Å². The zero-order chi connectivity index (χ0) is 15.5. The Balaban J connectivity index is 2.26. The van der Waals surface area contributed by atoms with Gasteiger partial charge in [0, 0.05) is 25.1 Å². The summed E-state index contributed by atoms with van der Waals surface area (Å²) in [7, 11) is 0.